The van der Waals surface area contributed by atoms with Crippen molar-refractivity contribution in [1.29, 1.82) is 0 Å². The number of ether oxygens (including phenoxy) is 1. The van der Waals surface area contributed by atoms with E-state index in [1.165, 1.54) is 17.7 Å². The molecule has 2 atom stereocenters. The summed E-state index contributed by atoms with van der Waals surface area (Å²) in [6, 6.07) is 11.9. The number of aryl methyl sites for hydroxylation is 1. The molecule has 2 aromatic carbocycles. The highest BCUT2D eigenvalue weighted by Crippen LogP contribution is 2.42. The van der Waals surface area contributed by atoms with Gasteiger partial charge in [-0.15, -0.1) is 13.2 Å². The highest BCUT2D eigenvalue weighted by Gasteiger charge is 2.39. The van der Waals surface area contributed by atoms with E-state index in [2.05, 4.69) is 26.5 Å². The summed E-state index contributed by atoms with van der Waals surface area (Å²) in [5.74, 6) is -0.182. The molecule has 0 bridgehead atoms. The highest BCUT2D eigenvalue weighted by molar-refractivity contribution is 6.05. The van der Waals surface area contributed by atoms with Crippen LogP contribution in [0.3, 0.4) is 0 Å². The number of rotatable bonds is 4. The molecular formula is C20H18F3N3O2. The number of alkyl halides is 3. The molecule has 2 aromatic rings. The number of nitrogens with one attached hydrogen (secondary N) is 1. The van der Waals surface area contributed by atoms with E-state index in [1.807, 2.05) is 12.1 Å². The molecular weight excluding hydrogens is 371 g/mol. The first-order valence-corrected chi connectivity index (χ1v) is 8.87. The maximum Gasteiger partial charge on any atom is 0.573 e. The summed E-state index contributed by atoms with van der Waals surface area (Å²) in [5, 5.41) is 8.32. The van der Waals surface area contributed by atoms with Crippen LogP contribution < -0.4 is 10.2 Å². The zero-order chi connectivity index (χ0) is 19.7. The molecule has 1 aliphatic carbocycles. The minimum absolute atomic E-state index is 0.0683. The number of oxime groups is 1. The van der Waals surface area contributed by atoms with Crippen molar-refractivity contribution in [3.8, 4) is 5.75 Å². The minimum atomic E-state index is -4.70. The third kappa shape index (κ3) is 3.67. The summed E-state index contributed by atoms with van der Waals surface area (Å²) in [6.07, 6.45) is -1.54. The van der Waals surface area contributed by atoms with Crippen molar-refractivity contribution in [3.05, 3.63) is 64.7 Å². The highest BCUT2D eigenvalue weighted by atomic mass is 19.4. The van der Waals surface area contributed by atoms with E-state index < -0.39 is 6.36 Å². The van der Waals surface area contributed by atoms with Crippen LogP contribution in [0.15, 0.2) is 52.7 Å². The van der Waals surface area contributed by atoms with E-state index in [-0.39, 0.29) is 17.8 Å². The van der Waals surface area contributed by atoms with Gasteiger partial charge in [0.2, 0.25) is 0 Å². The average molecular weight is 389 g/mol. The predicted molar refractivity (Wildman–Crippen MR) is 98.4 cm³/mol. The summed E-state index contributed by atoms with van der Waals surface area (Å²) in [6.45, 7) is 0. The Bertz CT molecular complexity index is 923. The molecule has 2 aliphatic rings. The van der Waals surface area contributed by atoms with Crippen LogP contribution in [0.2, 0.25) is 0 Å². The van der Waals surface area contributed by atoms with Crippen LogP contribution >= 0.6 is 0 Å². The summed E-state index contributed by atoms with van der Waals surface area (Å²) >= 11 is 0. The maximum atomic E-state index is 12.3. The van der Waals surface area contributed by atoms with Crippen molar-refractivity contribution >= 4 is 11.9 Å². The van der Waals surface area contributed by atoms with Crippen molar-refractivity contribution in [2.24, 2.45) is 16.2 Å². The van der Waals surface area contributed by atoms with Crippen LogP contribution in [0.4, 0.5) is 13.2 Å². The number of hydrogen-bond donors (Lipinski definition) is 1. The predicted octanol–water partition coefficient (Wildman–Crippen LogP) is 4.18. The zero-order valence-electron chi connectivity index (χ0n) is 15.0. The molecule has 0 aromatic heterocycles. The SMILES string of the molecule is CN/N=C/c1ccc2c(c1)CCC1C2=NOC1c1ccc(OC(F)(F)F)cc1. The van der Waals surface area contributed by atoms with Crippen molar-refractivity contribution in [1.82, 2.24) is 5.43 Å². The van der Waals surface area contributed by atoms with Gasteiger partial charge < -0.3 is 15.0 Å². The van der Waals surface area contributed by atoms with Crippen LogP contribution in [-0.2, 0) is 11.3 Å². The van der Waals surface area contributed by atoms with Gasteiger partial charge in [0.15, 0.2) is 6.10 Å². The van der Waals surface area contributed by atoms with E-state index in [1.54, 1.807) is 25.4 Å². The number of hydrogen-bond acceptors (Lipinski definition) is 5. The smallest absolute Gasteiger partial charge is 0.406 e. The second-order valence-corrected chi connectivity index (χ2v) is 6.66. The molecule has 0 fully saturated rings. The van der Waals surface area contributed by atoms with E-state index in [0.717, 1.165) is 35.2 Å². The van der Waals surface area contributed by atoms with Gasteiger partial charge in [0.05, 0.1) is 11.9 Å². The Kier molecular flexibility index (Phi) is 4.70. The summed E-state index contributed by atoms with van der Waals surface area (Å²) < 4.78 is 40.9. The van der Waals surface area contributed by atoms with Gasteiger partial charge in [-0.3, -0.25) is 0 Å². The molecule has 2 unspecified atom stereocenters. The van der Waals surface area contributed by atoms with Crippen molar-refractivity contribution in [3.63, 3.8) is 0 Å². The topological polar surface area (TPSA) is 55.2 Å². The third-order valence-corrected chi connectivity index (χ3v) is 4.90. The van der Waals surface area contributed by atoms with Crippen LogP contribution in [0.1, 0.15) is 34.8 Å². The largest absolute Gasteiger partial charge is 0.573 e. The van der Waals surface area contributed by atoms with Crippen LogP contribution in [-0.4, -0.2) is 25.3 Å². The van der Waals surface area contributed by atoms with Gasteiger partial charge in [0.25, 0.3) is 0 Å². The molecule has 0 radical (unpaired) electrons. The van der Waals surface area contributed by atoms with E-state index >= 15 is 0 Å². The molecule has 1 N–H and O–H groups in total. The first-order valence-electron chi connectivity index (χ1n) is 8.87. The zero-order valence-corrected chi connectivity index (χ0v) is 15.0. The number of benzene rings is 2. The molecule has 146 valence electrons. The van der Waals surface area contributed by atoms with Gasteiger partial charge in [-0.05, 0) is 47.7 Å². The maximum absolute atomic E-state index is 12.3. The van der Waals surface area contributed by atoms with Gasteiger partial charge in [0, 0.05) is 18.5 Å². The van der Waals surface area contributed by atoms with Gasteiger partial charge in [-0.25, -0.2) is 0 Å². The Morgan fingerprint density at radius 3 is 2.71 bits per heavy atom. The van der Waals surface area contributed by atoms with Crippen LogP contribution in [0.25, 0.3) is 0 Å². The van der Waals surface area contributed by atoms with Crippen LogP contribution in [0, 0.1) is 5.92 Å². The van der Waals surface area contributed by atoms with Gasteiger partial charge in [-0.1, -0.05) is 29.4 Å². The van der Waals surface area contributed by atoms with Crippen molar-refractivity contribution < 1.29 is 22.7 Å². The second kappa shape index (κ2) is 7.18. The van der Waals surface area contributed by atoms with E-state index in [4.69, 9.17) is 4.84 Å². The van der Waals surface area contributed by atoms with E-state index in [9.17, 15) is 13.2 Å². The van der Waals surface area contributed by atoms with Crippen molar-refractivity contribution in [2.75, 3.05) is 7.05 Å². The number of halogens is 3. The normalized spacial score (nSPS) is 20.9. The lowest BCUT2D eigenvalue weighted by molar-refractivity contribution is -0.274. The molecule has 4 rings (SSSR count). The lowest BCUT2D eigenvalue weighted by atomic mass is 9.78. The Labute approximate surface area is 159 Å². The Balaban J connectivity index is 1.53. The van der Waals surface area contributed by atoms with Crippen LogP contribution in [0.5, 0.6) is 5.75 Å². The second-order valence-electron chi connectivity index (χ2n) is 6.66. The minimum Gasteiger partial charge on any atom is -0.406 e. The number of hydrazone groups is 1. The standard InChI is InChI=1S/C20H18F3N3O2/c1-24-25-11-12-2-8-16-14(10-12)5-9-17-18(16)26-28-19(17)13-3-6-15(7-4-13)27-20(21,22)23/h2-4,6-8,10-11,17,19,24H,5,9H2,1H3/b25-11+. The quantitative estimate of drug-likeness (QED) is 0.631. The first-order chi connectivity index (χ1) is 13.4. The Morgan fingerprint density at radius 2 is 2.00 bits per heavy atom. The average Bonchev–Trinajstić information content (AvgIpc) is 3.10. The van der Waals surface area contributed by atoms with Crippen molar-refractivity contribution in [2.45, 2.75) is 25.3 Å². The molecule has 1 heterocycles. The van der Waals surface area contributed by atoms with Gasteiger partial charge in [-0.2, -0.15) is 5.10 Å². The molecule has 0 saturated heterocycles. The molecule has 28 heavy (non-hydrogen) atoms. The van der Waals surface area contributed by atoms with E-state index in [0.29, 0.717) is 0 Å². The summed E-state index contributed by atoms with van der Waals surface area (Å²) in [7, 11) is 1.74. The molecule has 0 spiro atoms. The molecule has 5 nitrogen and oxygen atoms in total. The molecule has 0 amide bonds. The Morgan fingerprint density at radius 1 is 1.21 bits per heavy atom. The number of fused-ring (bicyclic) bond motifs is 3. The summed E-state index contributed by atoms with van der Waals surface area (Å²) in [5.41, 5.74) is 7.64. The lowest BCUT2D eigenvalue weighted by Gasteiger charge is -2.25. The van der Waals surface area contributed by atoms with Gasteiger partial charge >= 0.3 is 6.36 Å². The lowest BCUT2D eigenvalue weighted by Crippen LogP contribution is -2.24. The molecule has 0 saturated carbocycles. The fraction of sp³-hybridized carbons (Fsp3) is 0.300. The fourth-order valence-corrected chi connectivity index (χ4v) is 3.69. The summed E-state index contributed by atoms with van der Waals surface area (Å²) in [4.78, 5) is 5.67. The first kappa shape index (κ1) is 18.3. The Hall–Kier alpha value is -3.03. The molecule has 8 heteroatoms. The monoisotopic (exact) mass is 389 g/mol. The third-order valence-electron chi connectivity index (χ3n) is 4.90. The fourth-order valence-electron chi connectivity index (χ4n) is 3.69. The molecule has 1 aliphatic heterocycles. The number of nitrogens with zero attached hydrogens (tertiary/aromatic N) is 2. The van der Waals surface area contributed by atoms with Gasteiger partial charge in [0.1, 0.15) is 5.75 Å².